The molecule has 1 rings (SSSR count). The van der Waals surface area contributed by atoms with E-state index in [-0.39, 0.29) is 5.91 Å². The second-order valence-electron chi connectivity index (χ2n) is 6.47. The fourth-order valence-corrected chi connectivity index (χ4v) is 2.21. The van der Waals surface area contributed by atoms with E-state index < -0.39 is 0 Å². The number of nitrogens with one attached hydrogen (secondary N) is 3. The zero-order valence-corrected chi connectivity index (χ0v) is 17.0. The highest BCUT2D eigenvalue weighted by atomic mass is 16.5. The lowest BCUT2D eigenvalue weighted by molar-refractivity contribution is 0.0954. The molecule has 1 amide bonds. The normalized spacial score (nSPS) is 11.4. The Balaban J connectivity index is 2.28. The van der Waals surface area contributed by atoms with Crippen LogP contribution in [0.1, 0.15) is 37.6 Å². The number of amides is 1. The topological polar surface area (TPSA) is 84.0 Å². The minimum atomic E-state index is -0.129. The number of carbonyl (C=O) groups is 1. The molecule has 0 radical (unpaired) electrons. The van der Waals surface area contributed by atoms with Crippen molar-refractivity contribution in [1.29, 1.82) is 0 Å². The van der Waals surface area contributed by atoms with Gasteiger partial charge in [-0.3, -0.25) is 9.79 Å². The van der Waals surface area contributed by atoms with Crippen LogP contribution in [0.4, 0.5) is 0 Å². The number of aliphatic imine (C=N–C) groups is 1. The Morgan fingerprint density at radius 3 is 2.63 bits per heavy atom. The molecule has 0 spiro atoms. The van der Waals surface area contributed by atoms with Crippen LogP contribution >= 0.6 is 0 Å². The second kappa shape index (κ2) is 13.9. The molecule has 0 heterocycles. The third-order valence-corrected chi connectivity index (χ3v) is 3.72. The van der Waals surface area contributed by atoms with E-state index in [0.717, 1.165) is 25.5 Å². The van der Waals surface area contributed by atoms with Crippen LogP contribution in [0.15, 0.2) is 29.3 Å². The SMILES string of the molecule is CCNC(=NCCOCCC(C)C)NCCNC(=O)c1cccc(OC)c1. The van der Waals surface area contributed by atoms with Crippen LogP contribution in [-0.4, -0.2) is 58.4 Å². The predicted octanol–water partition coefficient (Wildman–Crippen LogP) is 2.04. The first-order valence-electron chi connectivity index (χ1n) is 9.59. The maximum atomic E-state index is 12.1. The molecule has 0 fully saturated rings. The van der Waals surface area contributed by atoms with Crippen molar-refractivity contribution in [2.45, 2.75) is 27.2 Å². The van der Waals surface area contributed by atoms with E-state index in [9.17, 15) is 4.79 Å². The van der Waals surface area contributed by atoms with Crippen LogP contribution in [0.3, 0.4) is 0 Å². The zero-order valence-electron chi connectivity index (χ0n) is 17.0. The summed E-state index contributed by atoms with van der Waals surface area (Å²) >= 11 is 0. The van der Waals surface area contributed by atoms with Crippen molar-refractivity contribution in [3.8, 4) is 5.75 Å². The number of methoxy groups -OCH3 is 1. The van der Waals surface area contributed by atoms with Gasteiger partial charge >= 0.3 is 0 Å². The first kappa shape index (κ1) is 22.8. The molecule has 1 aromatic carbocycles. The van der Waals surface area contributed by atoms with E-state index in [0.29, 0.717) is 43.5 Å². The van der Waals surface area contributed by atoms with Gasteiger partial charge in [-0.15, -0.1) is 0 Å². The van der Waals surface area contributed by atoms with Gasteiger partial charge in [-0.1, -0.05) is 19.9 Å². The lowest BCUT2D eigenvalue weighted by Crippen LogP contribution is -2.41. The molecular weight excluding hydrogens is 344 g/mol. The maximum absolute atomic E-state index is 12.1. The highest BCUT2D eigenvalue weighted by molar-refractivity contribution is 5.94. The van der Waals surface area contributed by atoms with Gasteiger partial charge < -0.3 is 25.4 Å². The Hall–Kier alpha value is -2.28. The molecular formula is C20H34N4O3. The summed E-state index contributed by atoms with van der Waals surface area (Å²) in [5.41, 5.74) is 0.577. The van der Waals surface area contributed by atoms with Gasteiger partial charge in [-0.05, 0) is 37.5 Å². The summed E-state index contributed by atoms with van der Waals surface area (Å²) in [6, 6.07) is 7.08. The summed E-state index contributed by atoms with van der Waals surface area (Å²) in [7, 11) is 1.58. The molecule has 0 aromatic heterocycles. The fourth-order valence-electron chi connectivity index (χ4n) is 2.21. The first-order valence-corrected chi connectivity index (χ1v) is 9.59. The Kier molecular flexibility index (Phi) is 11.7. The van der Waals surface area contributed by atoms with Crippen molar-refractivity contribution >= 4 is 11.9 Å². The first-order chi connectivity index (χ1) is 13.1. The molecule has 27 heavy (non-hydrogen) atoms. The number of carbonyl (C=O) groups excluding carboxylic acids is 1. The van der Waals surface area contributed by atoms with Gasteiger partial charge in [-0.2, -0.15) is 0 Å². The van der Waals surface area contributed by atoms with Gasteiger partial charge in [0, 0.05) is 31.8 Å². The van der Waals surface area contributed by atoms with Crippen molar-refractivity contribution in [3.05, 3.63) is 29.8 Å². The van der Waals surface area contributed by atoms with Crippen molar-refractivity contribution in [1.82, 2.24) is 16.0 Å². The standard InChI is InChI=1S/C20H34N4O3/c1-5-21-20(24-12-14-27-13-9-16(2)3)23-11-10-22-19(25)17-7-6-8-18(15-17)26-4/h6-8,15-16H,5,9-14H2,1-4H3,(H,22,25)(H2,21,23,24). The van der Waals surface area contributed by atoms with Crippen LogP contribution in [0, 0.1) is 5.92 Å². The van der Waals surface area contributed by atoms with Crippen molar-refractivity contribution in [2.24, 2.45) is 10.9 Å². The number of ether oxygens (including phenoxy) is 2. The molecule has 0 unspecified atom stereocenters. The van der Waals surface area contributed by atoms with E-state index in [1.165, 1.54) is 0 Å². The van der Waals surface area contributed by atoms with Gasteiger partial charge in [0.05, 0.1) is 20.3 Å². The molecule has 0 saturated carbocycles. The monoisotopic (exact) mass is 378 g/mol. The lowest BCUT2D eigenvalue weighted by atomic mass is 10.1. The zero-order chi connectivity index (χ0) is 19.9. The molecule has 7 heteroatoms. The van der Waals surface area contributed by atoms with Gasteiger partial charge in [0.15, 0.2) is 5.96 Å². The molecule has 0 saturated heterocycles. The number of benzene rings is 1. The van der Waals surface area contributed by atoms with Crippen LogP contribution < -0.4 is 20.7 Å². The number of hydrogen-bond donors (Lipinski definition) is 3. The largest absolute Gasteiger partial charge is 0.497 e. The van der Waals surface area contributed by atoms with Gasteiger partial charge in [0.2, 0.25) is 0 Å². The fraction of sp³-hybridized carbons (Fsp3) is 0.600. The Bertz CT molecular complexity index is 576. The smallest absolute Gasteiger partial charge is 0.251 e. The summed E-state index contributed by atoms with van der Waals surface area (Å²) in [5.74, 6) is 1.91. The number of rotatable bonds is 12. The number of hydrogen-bond acceptors (Lipinski definition) is 4. The maximum Gasteiger partial charge on any atom is 0.251 e. The molecule has 0 aliphatic heterocycles. The summed E-state index contributed by atoms with van der Waals surface area (Å²) in [4.78, 5) is 16.6. The third-order valence-electron chi connectivity index (χ3n) is 3.72. The van der Waals surface area contributed by atoms with Crippen molar-refractivity contribution in [3.63, 3.8) is 0 Å². The molecule has 1 aromatic rings. The van der Waals surface area contributed by atoms with Crippen LogP contribution in [-0.2, 0) is 4.74 Å². The average molecular weight is 379 g/mol. The highest BCUT2D eigenvalue weighted by Gasteiger charge is 2.06. The molecule has 3 N–H and O–H groups in total. The molecule has 0 bridgehead atoms. The van der Waals surface area contributed by atoms with Gasteiger partial charge in [0.25, 0.3) is 5.91 Å². The Morgan fingerprint density at radius 1 is 1.15 bits per heavy atom. The van der Waals surface area contributed by atoms with Crippen molar-refractivity contribution in [2.75, 3.05) is 46.5 Å². The second-order valence-corrected chi connectivity index (χ2v) is 6.47. The summed E-state index contributed by atoms with van der Waals surface area (Å²) < 4.78 is 10.7. The van der Waals surface area contributed by atoms with Crippen molar-refractivity contribution < 1.29 is 14.3 Å². The Labute approximate surface area is 162 Å². The minimum absolute atomic E-state index is 0.129. The highest BCUT2D eigenvalue weighted by Crippen LogP contribution is 2.12. The van der Waals surface area contributed by atoms with E-state index in [2.05, 4.69) is 34.8 Å². The number of guanidine groups is 1. The molecule has 7 nitrogen and oxygen atoms in total. The number of nitrogens with zero attached hydrogens (tertiary/aromatic N) is 1. The molecule has 0 aliphatic carbocycles. The Morgan fingerprint density at radius 2 is 1.93 bits per heavy atom. The van der Waals surface area contributed by atoms with E-state index in [4.69, 9.17) is 9.47 Å². The molecule has 0 aliphatic rings. The van der Waals surface area contributed by atoms with Crippen LogP contribution in [0.25, 0.3) is 0 Å². The van der Waals surface area contributed by atoms with E-state index in [1.54, 1.807) is 25.3 Å². The van der Waals surface area contributed by atoms with E-state index >= 15 is 0 Å². The van der Waals surface area contributed by atoms with Gasteiger partial charge in [-0.25, -0.2) is 0 Å². The van der Waals surface area contributed by atoms with Gasteiger partial charge in [0.1, 0.15) is 5.75 Å². The molecule has 152 valence electrons. The summed E-state index contributed by atoms with van der Waals surface area (Å²) in [5, 5.41) is 9.26. The summed E-state index contributed by atoms with van der Waals surface area (Å²) in [6.07, 6.45) is 1.06. The predicted molar refractivity (Wildman–Crippen MR) is 110 cm³/mol. The molecule has 0 atom stereocenters. The van der Waals surface area contributed by atoms with Crippen LogP contribution in [0.2, 0.25) is 0 Å². The van der Waals surface area contributed by atoms with Crippen LogP contribution in [0.5, 0.6) is 5.75 Å². The lowest BCUT2D eigenvalue weighted by Gasteiger charge is -2.12. The average Bonchev–Trinajstić information content (AvgIpc) is 2.67. The third kappa shape index (κ3) is 10.5. The van der Waals surface area contributed by atoms with E-state index in [1.807, 2.05) is 13.0 Å². The minimum Gasteiger partial charge on any atom is -0.497 e. The quantitative estimate of drug-likeness (QED) is 0.294. The summed E-state index contributed by atoms with van der Waals surface area (Å²) in [6.45, 7) is 10.2.